The molecule has 1 rings (SSSR count). The lowest BCUT2D eigenvalue weighted by atomic mass is 9.96. The topological polar surface area (TPSA) is 65.0 Å². The molecule has 1 saturated heterocycles. The van der Waals surface area contributed by atoms with E-state index in [4.69, 9.17) is 19.3 Å². The molecule has 5 nitrogen and oxygen atoms in total. The first-order valence-corrected chi connectivity index (χ1v) is 5.00. The second-order valence-corrected chi connectivity index (χ2v) is 3.80. The van der Waals surface area contributed by atoms with Crippen LogP contribution in [0.15, 0.2) is 0 Å². The fourth-order valence-electron chi connectivity index (χ4n) is 1.90. The minimum atomic E-state index is -0.831. The maximum atomic E-state index is 11.0. The summed E-state index contributed by atoms with van der Waals surface area (Å²) >= 11 is 0. The van der Waals surface area contributed by atoms with E-state index in [2.05, 4.69) is 0 Å². The Labute approximate surface area is 89.3 Å². The minimum absolute atomic E-state index is 0.140. The molecule has 0 aromatic heterocycles. The molecule has 0 aliphatic carbocycles. The summed E-state index contributed by atoms with van der Waals surface area (Å²) in [6.07, 6.45) is -0.249. The van der Waals surface area contributed by atoms with Gasteiger partial charge in [0.15, 0.2) is 0 Å². The smallest absolute Gasteiger partial charge is 0.309 e. The highest BCUT2D eigenvalue weighted by Crippen LogP contribution is 2.30. The van der Waals surface area contributed by atoms with Crippen molar-refractivity contribution < 1.29 is 24.1 Å². The molecular formula is C10H18O5. The summed E-state index contributed by atoms with van der Waals surface area (Å²) in [5.74, 6) is -1.33. The van der Waals surface area contributed by atoms with Gasteiger partial charge in [-0.2, -0.15) is 0 Å². The zero-order valence-electron chi connectivity index (χ0n) is 9.30. The van der Waals surface area contributed by atoms with E-state index in [1.165, 1.54) is 0 Å². The number of ether oxygens (including phenoxy) is 3. The number of methoxy groups -OCH3 is 2. The largest absolute Gasteiger partial charge is 0.481 e. The van der Waals surface area contributed by atoms with E-state index in [-0.39, 0.29) is 18.3 Å². The summed E-state index contributed by atoms with van der Waals surface area (Å²) in [4.78, 5) is 11.0. The molecular weight excluding hydrogens is 200 g/mol. The van der Waals surface area contributed by atoms with Crippen molar-refractivity contribution in [2.75, 3.05) is 20.8 Å². The van der Waals surface area contributed by atoms with Crippen LogP contribution >= 0.6 is 0 Å². The molecule has 0 aromatic rings. The van der Waals surface area contributed by atoms with Crippen molar-refractivity contribution in [2.24, 2.45) is 5.92 Å². The van der Waals surface area contributed by atoms with Crippen LogP contribution in [0, 0.1) is 5.92 Å². The van der Waals surface area contributed by atoms with Crippen LogP contribution in [-0.4, -0.2) is 50.2 Å². The molecule has 0 aromatic carbocycles. The van der Waals surface area contributed by atoms with Crippen LogP contribution in [0.25, 0.3) is 0 Å². The number of hydrogen-bond donors (Lipinski definition) is 1. The lowest BCUT2D eigenvalue weighted by Crippen LogP contribution is -2.34. The summed E-state index contributed by atoms with van der Waals surface area (Å²) in [5.41, 5.74) is 0. The van der Waals surface area contributed by atoms with Crippen molar-refractivity contribution in [3.05, 3.63) is 0 Å². The molecule has 1 aliphatic heterocycles. The van der Waals surface area contributed by atoms with Crippen molar-refractivity contribution in [1.29, 1.82) is 0 Å². The molecule has 0 amide bonds. The fraction of sp³-hybridized carbons (Fsp3) is 0.900. The number of carbonyl (C=O) groups is 1. The number of carboxylic acids is 1. The van der Waals surface area contributed by atoms with Crippen LogP contribution < -0.4 is 0 Å². The van der Waals surface area contributed by atoms with Gasteiger partial charge in [-0.1, -0.05) is 0 Å². The van der Waals surface area contributed by atoms with E-state index in [0.717, 1.165) is 0 Å². The summed E-state index contributed by atoms with van der Waals surface area (Å²) in [5, 5.41) is 9.04. The second kappa shape index (κ2) is 5.44. The molecule has 0 saturated carbocycles. The van der Waals surface area contributed by atoms with Gasteiger partial charge in [-0.05, 0) is 13.3 Å². The van der Waals surface area contributed by atoms with Crippen molar-refractivity contribution in [3.63, 3.8) is 0 Å². The van der Waals surface area contributed by atoms with Gasteiger partial charge in [0.2, 0.25) is 0 Å². The Balaban J connectivity index is 2.63. The standard InChI is InChI=1S/C10H18O5/c1-6(14-3)9-8(10(11)12)4-7(15-9)5-13-2/h6-9H,4-5H2,1-3H3,(H,11,12). The van der Waals surface area contributed by atoms with E-state index in [1.807, 2.05) is 6.92 Å². The molecule has 0 radical (unpaired) electrons. The van der Waals surface area contributed by atoms with Crippen molar-refractivity contribution in [3.8, 4) is 0 Å². The van der Waals surface area contributed by atoms with Crippen LogP contribution in [-0.2, 0) is 19.0 Å². The van der Waals surface area contributed by atoms with E-state index in [0.29, 0.717) is 13.0 Å². The molecule has 88 valence electrons. The average molecular weight is 218 g/mol. The van der Waals surface area contributed by atoms with Gasteiger partial charge in [-0.15, -0.1) is 0 Å². The van der Waals surface area contributed by atoms with E-state index in [1.54, 1.807) is 14.2 Å². The molecule has 0 bridgehead atoms. The normalized spacial score (nSPS) is 32.9. The molecule has 4 unspecified atom stereocenters. The number of carboxylic acid groups (broad SMARTS) is 1. The Morgan fingerprint density at radius 2 is 2.27 bits per heavy atom. The van der Waals surface area contributed by atoms with Crippen LogP contribution in [0.1, 0.15) is 13.3 Å². The molecule has 15 heavy (non-hydrogen) atoms. The van der Waals surface area contributed by atoms with Gasteiger partial charge in [-0.3, -0.25) is 4.79 Å². The van der Waals surface area contributed by atoms with Crippen molar-refractivity contribution >= 4 is 5.97 Å². The van der Waals surface area contributed by atoms with Crippen molar-refractivity contribution in [2.45, 2.75) is 31.7 Å². The quantitative estimate of drug-likeness (QED) is 0.729. The van der Waals surface area contributed by atoms with Gasteiger partial charge in [0.25, 0.3) is 0 Å². The van der Waals surface area contributed by atoms with E-state index >= 15 is 0 Å². The lowest BCUT2D eigenvalue weighted by Gasteiger charge is -2.21. The third kappa shape index (κ3) is 2.90. The number of hydrogen-bond acceptors (Lipinski definition) is 4. The van der Waals surface area contributed by atoms with Gasteiger partial charge < -0.3 is 19.3 Å². The Morgan fingerprint density at radius 1 is 1.60 bits per heavy atom. The molecule has 4 atom stereocenters. The highest BCUT2D eigenvalue weighted by molar-refractivity contribution is 5.71. The van der Waals surface area contributed by atoms with Crippen LogP contribution in [0.5, 0.6) is 0 Å². The minimum Gasteiger partial charge on any atom is -0.481 e. The molecule has 0 spiro atoms. The Morgan fingerprint density at radius 3 is 2.73 bits per heavy atom. The van der Waals surface area contributed by atoms with Crippen LogP contribution in [0.2, 0.25) is 0 Å². The maximum Gasteiger partial charge on any atom is 0.309 e. The van der Waals surface area contributed by atoms with Gasteiger partial charge >= 0.3 is 5.97 Å². The first-order valence-electron chi connectivity index (χ1n) is 5.00. The SMILES string of the molecule is COCC1CC(C(=O)O)C(C(C)OC)O1. The Kier molecular flexibility index (Phi) is 4.50. The van der Waals surface area contributed by atoms with E-state index in [9.17, 15) is 4.79 Å². The Bertz CT molecular complexity index is 218. The molecule has 1 fully saturated rings. The molecule has 1 N–H and O–H groups in total. The predicted octanol–water partition coefficient (Wildman–Crippen LogP) is 0.526. The zero-order chi connectivity index (χ0) is 11.4. The molecule has 1 heterocycles. The number of rotatable bonds is 5. The van der Waals surface area contributed by atoms with Crippen molar-refractivity contribution in [1.82, 2.24) is 0 Å². The first kappa shape index (κ1) is 12.4. The van der Waals surface area contributed by atoms with Gasteiger partial charge in [0.1, 0.15) is 0 Å². The summed E-state index contributed by atoms with van der Waals surface area (Å²) < 4.78 is 15.7. The predicted molar refractivity (Wildman–Crippen MR) is 52.8 cm³/mol. The highest BCUT2D eigenvalue weighted by Gasteiger charge is 2.42. The van der Waals surface area contributed by atoms with E-state index < -0.39 is 11.9 Å². The Hall–Kier alpha value is -0.650. The summed E-state index contributed by atoms with van der Waals surface area (Å²) in [6.45, 7) is 2.24. The summed E-state index contributed by atoms with van der Waals surface area (Å²) in [6, 6.07) is 0. The lowest BCUT2D eigenvalue weighted by molar-refractivity contribution is -0.147. The first-order chi connectivity index (χ1) is 7.10. The third-order valence-corrected chi connectivity index (χ3v) is 2.77. The highest BCUT2D eigenvalue weighted by atomic mass is 16.6. The summed E-state index contributed by atoms with van der Waals surface area (Å²) in [7, 11) is 3.13. The fourth-order valence-corrected chi connectivity index (χ4v) is 1.90. The average Bonchev–Trinajstić information content (AvgIpc) is 2.61. The third-order valence-electron chi connectivity index (χ3n) is 2.77. The monoisotopic (exact) mass is 218 g/mol. The number of aliphatic carboxylic acids is 1. The van der Waals surface area contributed by atoms with Gasteiger partial charge in [0.05, 0.1) is 30.8 Å². The molecule has 5 heteroatoms. The molecule has 1 aliphatic rings. The van der Waals surface area contributed by atoms with Crippen LogP contribution in [0.3, 0.4) is 0 Å². The maximum absolute atomic E-state index is 11.0. The van der Waals surface area contributed by atoms with Gasteiger partial charge in [0, 0.05) is 14.2 Å². The van der Waals surface area contributed by atoms with Crippen LogP contribution in [0.4, 0.5) is 0 Å². The zero-order valence-corrected chi connectivity index (χ0v) is 9.30. The second-order valence-electron chi connectivity index (χ2n) is 3.80. The van der Waals surface area contributed by atoms with Gasteiger partial charge in [-0.25, -0.2) is 0 Å².